The Morgan fingerprint density at radius 1 is 1.43 bits per heavy atom. The van der Waals surface area contributed by atoms with Gasteiger partial charge in [-0.25, -0.2) is 4.79 Å². The Hall–Kier alpha value is -1.98. The quantitative estimate of drug-likeness (QED) is 0.943. The van der Waals surface area contributed by atoms with Crippen LogP contribution in [-0.4, -0.2) is 34.0 Å². The van der Waals surface area contributed by atoms with Crippen molar-refractivity contribution in [1.82, 2.24) is 9.88 Å². The molecule has 21 heavy (non-hydrogen) atoms. The Labute approximate surface area is 127 Å². The van der Waals surface area contributed by atoms with Gasteiger partial charge in [-0.2, -0.15) is 0 Å². The Kier molecular flexibility index (Phi) is 4.13. The van der Waals surface area contributed by atoms with Crippen molar-refractivity contribution in [2.75, 3.05) is 13.1 Å². The average molecular weight is 300 g/mol. The summed E-state index contributed by atoms with van der Waals surface area (Å²) < 4.78 is 0. The van der Waals surface area contributed by atoms with E-state index >= 15 is 0 Å². The van der Waals surface area contributed by atoms with Crippen LogP contribution in [0.2, 0.25) is 0 Å². The topological polar surface area (TPSA) is 53.4 Å². The average Bonchev–Trinajstić information content (AvgIpc) is 2.92. The lowest BCUT2D eigenvalue weighted by atomic mass is 10.1. The molecular weight excluding hydrogens is 284 g/mol. The number of carboxylic acids is 1. The van der Waals surface area contributed by atoms with Crippen LogP contribution in [0.3, 0.4) is 0 Å². The number of nitrogens with zero attached hydrogens (tertiary/aromatic N) is 2. The third kappa shape index (κ3) is 3.37. The number of hydrogen-bond acceptors (Lipinski definition) is 4. The highest BCUT2D eigenvalue weighted by Gasteiger charge is 2.20. The summed E-state index contributed by atoms with van der Waals surface area (Å²) in [5, 5.41) is 9.05. The van der Waals surface area contributed by atoms with Gasteiger partial charge in [-0.05, 0) is 35.7 Å². The zero-order valence-electron chi connectivity index (χ0n) is 11.5. The van der Waals surface area contributed by atoms with Crippen molar-refractivity contribution >= 4 is 23.4 Å². The maximum Gasteiger partial charge on any atom is 0.345 e. The van der Waals surface area contributed by atoms with Gasteiger partial charge in [0.1, 0.15) is 4.88 Å². The van der Waals surface area contributed by atoms with Crippen LogP contribution in [0.4, 0.5) is 0 Å². The summed E-state index contributed by atoms with van der Waals surface area (Å²) in [4.78, 5) is 19.0. The van der Waals surface area contributed by atoms with Crippen LogP contribution in [0.15, 0.2) is 36.7 Å². The van der Waals surface area contributed by atoms with Crippen LogP contribution < -0.4 is 0 Å². The third-order valence-electron chi connectivity index (χ3n) is 3.55. The second-order valence-corrected chi connectivity index (χ2v) is 6.17. The minimum absolute atomic E-state index is 0.453. The number of hydrogen-bond donors (Lipinski definition) is 1. The summed E-state index contributed by atoms with van der Waals surface area (Å²) in [6.07, 6.45) is 8.74. The lowest BCUT2D eigenvalue weighted by molar-refractivity contribution is 0.0702. The lowest BCUT2D eigenvalue weighted by Gasteiger charge is -2.25. The first-order valence-electron chi connectivity index (χ1n) is 6.86. The van der Waals surface area contributed by atoms with E-state index in [4.69, 9.17) is 5.11 Å². The molecule has 108 valence electrons. The number of pyridine rings is 1. The number of aromatic nitrogens is 1. The molecule has 0 fully saturated rings. The van der Waals surface area contributed by atoms with Crippen molar-refractivity contribution < 1.29 is 9.90 Å². The fourth-order valence-corrected chi connectivity index (χ4v) is 3.54. The predicted molar refractivity (Wildman–Crippen MR) is 83.5 cm³/mol. The van der Waals surface area contributed by atoms with Crippen LogP contribution in [-0.2, 0) is 13.0 Å². The highest BCUT2D eigenvalue weighted by Crippen LogP contribution is 2.28. The maximum atomic E-state index is 11.0. The molecule has 0 aliphatic carbocycles. The largest absolute Gasteiger partial charge is 0.477 e. The van der Waals surface area contributed by atoms with Gasteiger partial charge >= 0.3 is 5.97 Å². The number of rotatable bonds is 4. The van der Waals surface area contributed by atoms with Crippen molar-refractivity contribution in [2.24, 2.45) is 0 Å². The van der Waals surface area contributed by atoms with E-state index in [0.717, 1.165) is 31.6 Å². The summed E-state index contributed by atoms with van der Waals surface area (Å²) in [5.74, 6) is -0.821. The van der Waals surface area contributed by atoms with Gasteiger partial charge in [-0.15, -0.1) is 11.3 Å². The fourth-order valence-electron chi connectivity index (χ4n) is 2.45. The SMILES string of the molecule is O=C(O)c1cc2c(s1)CN(C/C=C/c1ccncc1)CC2. The summed E-state index contributed by atoms with van der Waals surface area (Å²) in [6.45, 7) is 2.69. The van der Waals surface area contributed by atoms with Crippen molar-refractivity contribution in [1.29, 1.82) is 0 Å². The zero-order valence-corrected chi connectivity index (χ0v) is 12.3. The fraction of sp³-hybridized carbons (Fsp3) is 0.250. The molecule has 0 saturated heterocycles. The molecule has 1 aliphatic rings. The number of fused-ring (bicyclic) bond motifs is 1. The molecule has 0 bridgehead atoms. The minimum Gasteiger partial charge on any atom is -0.477 e. The van der Waals surface area contributed by atoms with Crippen molar-refractivity contribution in [3.8, 4) is 0 Å². The molecule has 2 aromatic heterocycles. The third-order valence-corrected chi connectivity index (χ3v) is 4.70. The molecule has 0 unspecified atom stereocenters. The van der Waals surface area contributed by atoms with Gasteiger partial charge in [0.15, 0.2) is 0 Å². The molecule has 4 nitrogen and oxygen atoms in total. The molecule has 1 aliphatic heterocycles. The first kappa shape index (κ1) is 14.0. The van der Waals surface area contributed by atoms with Gasteiger partial charge in [0.25, 0.3) is 0 Å². The van der Waals surface area contributed by atoms with Gasteiger partial charge in [0, 0.05) is 36.9 Å². The molecule has 0 atom stereocenters. The van der Waals surface area contributed by atoms with Crippen molar-refractivity contribution in [3.63, 3.8) is 0 Å². The van der Waals surface area contributed by atoms with Crippen molar-refractivity contribution in [3.05, 3.63) is 57.6 Å². The molecule has 5 heteroatoms. The van der Waals surface area contributed by atoms with Gasteiger partial charge in [0.2, 0.25) is 0 Å². The summed E-state index contributed by atoms with van der Waals surface area (Å²) in [6, 6.07) is 5.78. The monoisotopic (exact) mass is 300 g/mol. The number of carboxylic acid groups (broad SMARTS) is 1. The highest BCUT2D eigenvalue weighted by atomic mass is 32.1. The van der Waals surface area contributed by atoms with Gasteiger partial charge in [-0.1, -0.05) is 12.2 Å². The molecular formula is C16H16N2O2S. The van der Waals surface area contributed by atoms with E-state index in [9.17, 15) is 4.79 Å². The molecule has 0 aromatic carbocycles. The number of aromatic carboxylic acids is 1. The van der Waals surface area contributed by atoms with Gasteiger partial charge in [0.05, 0.1) is 0 Å². The number of carbonyl (C=O) groups is 1. The van der Waals surface area contributed by atoms with E-state index < -0.39 is 5.97 Å². The highest BCUT2D eigenvalue weighted by molar-refractivity contribution is 7.14. The predicted octanol–water partition coefficient (Wildman–Crippen LogP) is 2.91. The molecule has 0 saturated carbocycles. The number of thiophene rings is 1. The zero-order chi connectivity index (χ0) is 14.7. The van der Waals surface area contributed by atoms with Gasteiger partial charge in [-0.3, -0.25) is 9.88 Å². The molecule has 0 amide bonds. The van der Waals surface area contributed by atoms with E-state index in [1.165, 1.54) is 21.8 Å². The normalized spacial score (nSPS) is 15.2. The maximum absolute atomic E-state index is 11.0. The lowest BCUT2D eigenvalue weighted by Crippen LogP contribution is -2.29. The first-order valence-corrected chi connectivity index (χ1v) is 7.68. The summed E-state index contributed by atoms with van der Waals surface area (Å²) in [5.41, 5.74) is 2.35. The van der Waals surface area contributed by atoms with Crippen LogP contribution in [0.5, 0.6) is 0 Å². The van der Waals surface area contributed by atoms with Gasteiger partial charge < -0.3 is 5.11 Å². The Bertz CT molecular complexity index is 664. The molecule has 3 rings (SSSR count). The summed E-state index contributed by atoms with van der Waals surface area (Å²) >= 11 is 1.40. The van der Waals surface area contributed by atoms with E-state index in [0.29, 0.717) is 4.88 Å². The van der Waals surface area contributed by atoms with E-state index in [1.807, 2.05) is 18.2 Å². The molecule has 0 radical (unpaired) electrons. The molecule has 2 aromatic rings. The van der Waals surface area contributed by atoms with E-state index in [2.05, 4.69) is 22.0 Å². The minimum atomic E-state index is -0.821. The van der Waals surface area contributed by atoms with Crippen molar-refractivity contribution in [2.45, 2.75) is 13.0 Å². The van der Waals surface area contributed by atoms with Crippen LogP contribution >= 0.6 is 11.3 Å². The second kappa shape index (κ2) is 6.20. The first-order chi connectivity index (χ1) is 10.2. The van der Waals surface area contributed by atoms with Crippen LogP contribution in [0.25, 0.3) is 6.08 Å². The van der Waals surface area contributed by atoms with E-state index in [1.54, 1.807) is 12.4 Å². The Balaban J connectivity index is 1.61. The van der Waals surface area contributed by atoms with Crippen LogP contribution in [0, 0.1) is 0 Å². The molecule has 1 N–H and O–H groups in total. The standard InChI is InChI=1S/C16H16N2O2S/c19-16(20)14-10-13-5-9-18(11-15(13)21-14)8-1-2-12-3-6-17-7-4-12/h1-4,6-7,10H,5,8-9,11H2,(H,19,20)/b2-1+. The molecule has 0 spiro atoms. The Morgan fingerprint density at radius 3 is 3.00 bits per heavy atom. The molecule has 3 heterocycles. The Morgan fingerprint density at radius 2 is 2.24 bits per heavy atom. The second-order valence-electron chi connectivity index (χ2n) is 5.03. The summed E-state index contributed by atoms with van der Waals surface area (Å²) in [7, 11) is 0. The smallest absolute Gasteiger partial charge is 0.345 e. The van der Waals surface area contributed by atoms with E-state index in [-0.39, 0.29) is 0 Å². The van der Waals surface area contributed by atoms with Crippen LogP contribution in [0.1, 0.15) is 25.7 Å².